The Kier molecular flexibility index (Phi) is 3.85. The summed E-state index contributed by atoms with van der Waals surface area (Å²) in [6, 6.07) is -0.618. The summed E-state index contributed by atoms with van der Waals surface area (Å²) in [5, 5.41) is 2.84. The van der Waals surface area contributed by atoms with Crippen LogP contribution in [0.5, 0.6) is 0 Å². The molecule has 0 aliphatic carbocycles. The van der Waals surface area contributed by atoms with E-state index in [0.29, 0.717) is 18.9 Å². The number of hydrogen-bond acceptors (Lipinski definition) is 1. The van der Waals surface area contributed by atoms with Crippen LogP contribution in [-0.4, -0.2) is 19.0 Å². The van der Waals surface area contributed by atoms with Crippen LogP contribution in [0.2, 0.25) is 0 Å². The molecule has 1 N–H and O–H groups in total. The first-order valence-corrected chi connectivity index (χ1v) is 4.81. The first-order valence-electron chi connectivity index (χ1n) is 4.81. The minimum Gasteiger partial charge on any atom is -0.305 e. The van der Waals surface area contributed by atoms with Crippen LogP contribution in [0, 0.1) is 5.92 Å². The lowest BCUT2D eigenvalue weighted by atomic mass is 9.97. The van der Waals surface area contributed by atoms with Crippen molar-refractivity contribution in [3.63, 3.8) is 0 Å². The molecule has 0 fully saturated rings. The van der Waals surface area contributed by atoms with Crippen LogP contribution < -0.4 is 5.32 Å². The minimum atomic E-state index is -2.24. The van der Waals surface area contributed by atoms with Crippen molar-refractivity contribution >= 4 is 0 Å². The summed E-state index contributed by atoms with van der Waals surface area (Å²) in [7, 11) is 0. The predicted octanol–water partition coefficient (Wildman–Crippen LogP) is 2.59. The van der Waals surface area contributed by atoms with Gasteiger partial charge in [0.25, 0.3) is 6.43 Å². The summed E-state index contributed by atoms with van der Waals surface area (Å²) in [4.78, 5) is 0. The maximum absolute atomic E-state index is 12.3. The molecule has 1 rings (SSSR count). The zero-order valence-electron chi connectivity index (χ0n) is 8.19. The summed E-state index contributed by atoms with van der Waals surface area (Å²) < 4.78 is 24.7. The second-order valence-electron chi connectivity index (χ2n) is 3.82. The standard InChI is InChI=1S/C10H17F2N/c1-7(2)8-3-4-9(10(11)12)13-6-5-8/h5,7,9-10,13H,3-4,6H2,1-2H3/t9-/m0/s1. The van der Waals surface area contributed by atoms with Crippen molar-refractivity contribution in [3.05, 3.63) is 11.6 Å². The Balaban J connectivity index is 2.48. The normalized spacial score (nSPS) is 24.8. The first kappa shape index (κ1) is 10.6. The van der Waals surface area contributed by atoms with Gasteiger partial charge in [-0.3, -0.25) is 0 Å². The highest BCUT2D eigenvalue weighted by Crippen LogP contribution is 2.21. The second-order valence-corrected chi connectivity index (χ2v) is 3.82. The van der Waals surface area contributed by atoms with E-state index in [-0.39, 0.29) is 0 Å². The van der Waals surface area contributed by atoms with E-state index in [1.54, 1.807) is 0 Å². The van der Waals surface area contributed by atoms with Crippen molar-refractivity contribution in [1.82, 2.24) is 5.32 Å². The van der Waals surface area contributed by atoms with E-state index in [2.05, 4.69) is 19.2 Å². The smallest absolute Gasteiger partial charge is 0.253 e. The van der Waals surface area contributed by atoms with Gasteiger partial charge in [-0.2, -0.15) is 0 Å². The van der Waals surface area contributed by atoms with Gasteiger partial charge in [-0.15, -0.1) is 0 Å². The molecule has 0 radical (unpaired) electrons. The van der Waals surface area contributed by atoms with Gasteiger partial charge < -0.3 is 5.32 Å². The van der Waals surface area contributed by atoms with E-state index in [4.69, 9.17) is 0 Å². The number of halogens is 2. The molecule has 1 aliphatic rings. The molecule has 1 aliphatic heterocycles. The summed E-state index contributed by atoms with van der Waals surface area (Å²) >= 11 is 0. The third-order valence-electron chi connectivity index (χ3n) is 2.53. The molecule has 0 unspecified atom stereocenters. The van der Waals surface area contributed by atoms with Crippen LogP contribution in [0.15, 0.2) is 11.6 Å². The van der Waals surface area contributed by atoms with Gasteiger partial charge in [0, 0.05) is 6.54 Å². The molecule has 1 atom stereocenters. The fraction of sp³-hybridized carbons (Fsp3) is 0.800. The van der Waals surface area contributed by atoms with Gasteiger partial charge in [0.2, 0.25) is 0 Å². The fourth-order valence-electron chi connectivity index (χ4n) is 1.61. The Morgan fingerprint density at radius 2 is 2.15 bits per heavy atom. The van der Waals surface area contributed by atoms with Crippen molar-refractivity contribution in [2.45, 2.75) is 39.2 Å². The van der Waals surface area contributed by atoms with Crippen molar-refractivity contribution < 1.29 is 8.78 Å². The van der Waals surface area contributed by atoms with Crippen molar-refractivity contribution in [2.24, 2.45) is 5.92 Å². The van der Waals surface area contributed by atoms with Gasteiger partial charge in [-0.05, 0) is 18.8 Å². The highest BCUT2D eigenvalue weighted by molar-refractivity contribution is 5.08. The van der Waals surface area contributed by atoms with Crippen LogP contribution in [-0.2, 0) is 0 Å². The van der Waals surface area contributed by atoms with Crippen molar-refractivity contribution in [3.8, 4) is 0 Å². The van der Waals surface area contributed by atoms with Gasteiger partial charge in [0.15, 0.2) is 0 Å². The molecule has 13 heavy (non-hydrogen) atoms. The molecule has 0 aromatic rings. The zero-order valence-corrected chi connectivity index (χ0v) is 8.19. The van der Waals surface area contributed by atoms with E-state index in [1.807, 2.05) is 6.08 Å². The second kappa shape index (κ2) is 4.70. The van der Waals surface area contributed by atoms with Gasteiger partial charge in [-0.1, -0.05) is 25.5 Å². The molecule has 0 aromatic carbocycles. The fourth-order valence-corrected chi connectivity index (χ4v) is 1.61. The molecule has 1 nitrogen and oxygen atoms in total. The SMILES string of the molecule is CC(C)C1=CCN[C@H](C(F)F)CC1. The van der Waals surface area contributed by atoms with Crippen LogP contribution in [0.4, 0.5) is 8.78 Å². The van der Waals surface area contributed by atoms with E-state index in [1.165, 1.54) is 5.57 Å². The average molecular weight is 189 g/mol. The maximum atomic E-state index is 12.3. The summed E-state index contributed by atoms with van der Waals surface area (Å²) in [5.41, 5.74) is 1.30. The van der Waals surface area contributed by atoms with Crippen molar-refractivity contribution in [2.75, 3.05) is 6.54 Å². The Labute approximate surface area is 78.2 Å². The molecule has 3 heteroatoms. The van der Waals surface area contributed by atoms with E-state index in [0.717, 1.165) is 6.42 Å². The van der Waals surface area contributed by atoms with Gasteiger partial charge >= 0.3 is 0 Å². The van der Waals surface area contributed by atoms with Crippen molar-refractivity contribution in [1.29, 1.82) is 0 Å². The van der Waals surface area contributed by atoms with Crippen LogP contribution in [0.1, 0.15) is 26.7 Å². The molecule has 0 spiro atoms. The summed E-state index contributed by atoms with van der Waals surface area (Å²) in [5.74, 6) is 0.484. The van der Waals surface area contributed by atoms with Crippen LogP contribution in [0.25, 0.3) is 0 Å². The zero-order chi connectivity index (χ0) is 9.84. The number of allylic oxidation sites excluding steroid dienone is 1. The van der Waals surface area contributed by atoms with E-state index >= 15 is 0 Å². The molecule has 76 valence electrons. The summed E-state index contributed by atoms with van der Waals surface area (Å²) in [6.45, 7) is 4.80. The number of rotatable bonds is 2. The third kappa shape index (κ3) is 3.07. The van der Waals surface area contributed by atoms with Gasteiger partial charge in [-0.25, -0.2) is 8.78 Å². The minimum absolute atomic E-state index is 0.484. The summed E-state index contributed by atoms with van der Waals surface area (Å²) in [6.07, 6.45) is 1.17. The molecular formula is C10H17F2N. The number of hydrogen-bond donors (Lipinski definition) is 1. The molecule has 0 saturated carbocycles. The Morgan fingerprint density at radius 1 is 1.46 bits per heavy atom. The number of nitrogens with one attached hydrogen (secondary N) is 1. The van der Waals surface area contributed by atoms with Crippen LogP contribution >= 0.6 is 0 Å². The molecule has 0 saturated heterocycles. The predicted molar refractivity (Wildman–Crippen MR) is 49.9 cm³/mol. The van der Waals surface area contributed by atoms with Gasteiger partial charge in [0.05, 0.1) is 6.04 Å². The van der Waals surface area contributed by atoms with E-state index in [9.17, 15) is 8.78 Å². The lowest BCUT2D eigenvalue weighted by molar-refractivity contribution is 0.0969. The topological polar surface area (TPSA) is 12.0 Å². The maximum Gasteiger partial charge on any atom is 0.253 e. The Hall–Kier alpha value is -0.440. The van der Waals surface area contributed by atoms with Gasteiger partial charge in [0.1, 0.15) is 0 Å². The first-order chi connectivity index (χ1) is 6.11. The molecule has 1 heterocycles. The monoisotopic (exact) mass is 189 g/mol. The average Bonchev–Trinajstić information content (AvgIpc) is 2.27. The molecular weight excluding hydrogens is 172 g/mol. The quantitative estimate of drug-likeness (QED) is 0.658. The van der Waals surface area contributed by atoms with Crippen LogP contribution in [0.3, 0.4) is 0 Å². The Bertz CT molecular complexity index is 187. The highest BCUT2D eigenvalue weighted by atomic mass is 19.3. The molecule has 0 amide bonds. The largest absolute Gasteiger partial charge is 0.305 e. The highest BCUT2D eigenvalue weighted by Gasteiger charge is 2.21. The lowest BCUT2D eigenvalue weighted by Gasteiger charge is -2.14. The number of alkyl halides is 2. The molecule has 0 bridgehead atoms. The third-order valence-corrected chi connectivity index (χ3v) is 2.53. The lowest BCUT2D eigenvalue weighted by Crippen LogP contribution is -2.34. The molecule has 0 aromatic heterocycles. The Morgan fingerprint density at radius 3 is 2.69 bits per heavy atom. The van der Waals surface area contributed by atoms with E-state index < -0.39 is 12.5 Å².